The van der Waals surface area contributed by atoms with Crippen LogP contribution in [0.2, 0.25) is 0 Å². The average Bonchev–Trinajstić information content (AvgIpc) is 2.28. The van der Waals surface area contributed by atoms with E-state index >= 15 is 0 Å². The molecule has 0 aromatic rings. The van der Waals surface area contributed by atoms with Gasteiger partial charge in [0.1, 0.15) is 0 Å². The van der Waals surface area contributed by atoms with Gasteiger partial charge in [-0.2, -0.15) is 17.0 Å². The predicted octanol–water partition coefficient (Wildman–Crippen LogP) is 0.497. The zero-order chi connectivity index (χ0) is 12.3. The van der Waals surface area contributed by atoms with Crippen LogP contribution in [0.1, 0.15) is 26.7 Å². The fraction of sp³-hybridized carbons (Fsp3) is 0.889. The lowest BCUT2D eigenvalue weighted by Crippen LogP contribution is -2.47. The van der Waals surface area contributed by atoms with E-state index in [0.29, 0.717) is 31.6 Å². The van der Waals surface area contributed by atoms with Crippen molar-refractivity contribution in [3.8, 4) is 0 Å². The summed E-state index contributed by atoms with van der Waals surface area (Å²) in [6, 6.07) is -0.0575. The molecule has 1 N–H and O–H groups in total. The van der Waals surface area contributed by atoms with Crippen LogP contribution < -0.4 is 0 Å². The molecule has 1 saturated heterocycles. The highest BCUT2D eigenvalue weighted by Gasteiger charge is 2.30. The molecule has 0 amide bonds. The molecule has 0 aromatic heterocycles. The lowest BCUT2D eigenvalue weighted by atomic mass is 10.1. The Morgan fingerprint density at radius 3 is 2.25 bits per heavy atom. The van der Waals surface area contributed by atoms with E-state index in [1.54, 1.807) is 7.05 Å². The molecule has 7 heteroatoms. The van der Waals surface area contributed by atoms with Crippen LogP contribution in [0.25, 0.3) is 0 Å². The third-order valence-corrected chi connectivity index (χ3v) is 5.03. The Morgan fingerprint density at radius 1 is 1.38 bits per heavy atom. The van der Waals surface area contributed by atoms with Gasteiger partial charge in [0.05, 0.1) is 5.71 Å². The normalized spacial score (nSPS) is 19.4. The summed E-state index contributed by atoms with van der Waals surface area (Å²) in [5.74, 6) is 0. The van der Waals surface area contributed by atoms with Crippen molar-refractivity contribution in [2.45, 2.75) is 32.7 Å². The van der Waals surface area contributed by atoms with Crippen LogP contribution in [0.15, 0.2) is 5.16 Å². The minimum Gasteiger partial charge on any atom is -0.411 e. The van der Waals surface area contributed by atoms with E-state index in [1.165, 1.54) is 8.61 Å². The molecule has 0 atom stereocenters. The Morgan fingerprint density at radius 2 is 1.88 bits per heavy atom. The van der Waals surface area contributed by atoms with Crippen molar-refractivity contribution < 1.29 is 13.6 Å². The molecule has 0 aromatic carbocycles. The highest BCUT2D eigenvalue weighted by molar-refractivity contribution is 7.86. The molecule has 0 saturated carbocycles. The van der Waals surface area contributed by atoms with Crippen molar-refractivity contribution >= 4 is 15.9 Å². The molecule has 0 radical (unpaired) electrons. The second kappa shape index (κ2) is 5.11. The van der Waals surface area contributed by atoms with Crippen LogP contribution in [0.5, 0.6) is 0 Å². The van der Waals surface area contributed by atoms with Crippen molar-refractivity contribution in [3.05, 3.63) is 0 Å². The maximum absolute atomic E-state index is 12.1. The first-order valence-corrected chi connectivity index (χ1v) is 6.72. The molecule has 1 heterocycles. The van der Waals surface area contributed by atoms with E-state index in [2.05, 4.69) is 5.16 Å². The molecular formula is C9H19N3O3S. The number of hydrogen-bond donors (Lipinski definition) is 1. The maximum atomic E-state index is 12.1. The third-order valence-electron chi connectivity index (χ3n) is 2.86. The minimum absolute atomic E-state index is 0.0575. The van der Waals surface area contributed by atoms with Crippen LogP contribution >= 0.6 is 0 Å². The standard InChI is InChI=1S/C9H19N3O3S/c1-8(2)11(3)16(14,15)12-6-4-9(10-13)5-7-12/h8,13H,4-7H2,1-3H3. The van der Waals surface area contributed by atoms with Gasteiger partial charge < -0.3 is 5.21 Å². The Bertz CT molecular complexity index is 354. The Labute approximate surface area is 96.7 Å². The summed E-state index contributed by atoms with van der Waals surface area (Å²) in [5, 5.41) is 11.7. The Hall–Kier alpha value is -0.660. The van der Waals surface area contributed by atoms with Crippen molar-refractivity contribution in [1.82, 2.24) is 8.61 Å². The molecule has 1 fully saturated rings. The zero-order valence-electron chi connectivity index (χ0n) is 9.92. The summed E-state index contributed by atoms with van der Waals surface area (Å²) in [7, 11) is -1.78. The first kappa shape index (κ1) is 13.4. The summed E-state index contributed by atoms with van der Waals surface area (Å²) in [6.07, 6.45) is 1.00. The fourth-order valence-corrected chi connectivity index (χ4v) is 3.06. The summed E-state index contributed by atoms with van der Waals surface area (Å²) in [6.45, 7) is 4.45. The van der Waals surface area contributed by atoms with Gasteiger partial charge in [-0.25, -0.2) is 0 Å². The fourth-order valence-electron chi connectivity index (χ4n) is 1.52. The smallest absolute Gasteiger partial charge is 0.281 e. The largest absolute Gasteiger partial charge is 0.411 e. The van der Waals surface area contributed by atoms with E-state index in [9.17, 15) is 8.42 Å². The van der Waals surface area contributed by atoms with Gasteiger partial charge in [-0.15, -0.1) is 0 Å². The van der Waals surface area contributed by atoms with Gasteiger partial charge >= 0.3 is 0 Å². The SMILES string of the molecule is CC(C)N(C)S(=O)(=O)N1CCC(=NO)CC1. The summed E-state index contributed by atoms with van der Waals surface area (Å²) in [5.41, 5.74) is 0.665. The number of piperidine rings is 1. The van der Waals surface area contributed by atoms with E-state index in [-0.39, 0.29) is 6.04 Å². The zero-order valence-corrected chi connectivity index (χ0v) is 10.7. The Balaban J connectivity index is 2.73. The summed E-state index contributed by atoms with van der Waals surface area (Å²) in [4.78, 5) is 0. The highest BCUT2D eigenvalue weighted by Crippen LogP contribution is 2.15. The van der Waals surface area contributed by atoms with Crippen LogP contribution in [0, 0.1) is 0 Å². The second-order valence-electron chi connectivity index (χ2n) is 4.18. The monoisotopic (exact) mass is 249 g/mol. The van der Waals surface area contributed by atoms with Gasteiger partial charge in [-0.3, -0.25) is 0 Å². The molecule has 0 unspecified atom stereocenters. The number of rotatable bonds is 3. The molecule has 16 heavy (non-hydrogen) atoms. The number of hydrogen-bond acceptors (Lipinski definition) is 4. The molecule has 0 spiro atoms. The number of nitrogens with zero attached hydrogens (tertiary/aromatic N) is 3. The van der Waals surface area contributed by atoms with E-state index in [1.807, 2.05) is 13.8 Å². The minimum atomic E-state index is -3.36. The average molecular weight is 249 g/mol. The van der Waals surface area contributed by atoms with Gasteiger partial charge in [0.2, 0.25) is 0 Å². The molecule has 1 rings (SSSR count). The molecule has 6 nitrogen and oxygen atoms in total. The molecule has 0 bridgehead atoms. The van der Waals surface area contributed by atoms with Gasteiger partial charge in [-0.05, 0) is 13.8 Å². The van der Waals surface area contributed by atoms with Gasteiger partial charge in [0.25, 0.3) is 10.2 Å². The molecule has 0 aliphatic carbocycles. The Kier molecular flexibility index (Phi) is 4.28. The van der Waals surface area contributed by atoms with Crippen molar-refractivity contribution in [2.24, 2.45) is 5.16 Å². The van der Waals surface area contributed by atoms with Crippen molar-refractivity contribution in [2.75, 3.05) is 20.1 Å². The lowest BCUT2D eigenvalue weighted by Gasteiger charge is -2.32. The third kappa shape index (κ3) is 2.72. The van der Waals surface area contributed by atoms with Gasteiger partial charge in [0.15, 0.2) is 0 Å². The summed E-state index contributed by atoms with van der Waals surface area (Å²) >= 11 is 0. The molecule has 1 aliphatic rings. The van der Waals surface area contributed by atoms with Crippen LogP contribution in [0.3, 0.4) is 0 Å². The topological polar surface area (TPSA) is 73.2 Å². The predicted molar refractivity (Wildman–Crippen MR) is 61.8 cm³/mol. The van der Waals surface area contributed by atoms with Crippen molar-refractivity contribution in [1.29, 1.82) is 0 Å². The van der Waals surface area contributed by atoms with Gasteiger partial charge in [0, 0.05) is 39.0 Å². The second-order valence-corrected chi connectivity index (χ2v) is 6.17. The quantitative estimate of drug-likeness (QED) is 0.584. The molecule has 94 valence electrons. The summed E-state index contributed by atoms with van der Waals surface area (Å²) < 4.78 is 26.9. The van der Waals surface area contributed by atoms with Crippen LogP contribution in [-0.4, -0.2) is 54.1 Å². The first-order valence-electron chi connectivity index (χ1n) is 5.32. The van der Waals surface area contributed by atoms with E-state index in [4.69, 9.17) is 5.21 Å². The maximum Gasteiger partial charge on any atom is 0.281 e. The van der Waals surface area contributed by atoms with Gasteiger partial charge in [-0.1, -0.05) is 5.16 Å². The van der Waals surface area contributed by atoms with E-state index in [0.717, 1.165) is 0 Å². The van der Waals surface area contributed by atoms with E-state index < -0.39 is 10.2 Å². The van der Waals surface area contributed by atoms with Crippen molar-refractivity contribution in [3.63, 3.8) is 0 Å². The molecule has 1 aliphatic heterocycles. The van der Waals surface area contributed by atoms with Crippen LogP contribution in [-0.2, 0) is 10.2 Å². The van der Waals surface area contributed by atoms with Crippen LogP contribution in [0.4, 0.5) is 0 Å². The highest BCUT2D eigenvalue weighted by atomic mass is 32.2. The number of oxime groups is 1. The molecular weight excluding hydrogens is 230 g/mol. The lowest BCUT2D eigenvalue weighted by molar-refractivity contribution is 0.303. The first-order chi connectivity index (χ1) is 7.39.